The van der Waals surface area contributed by atoms with Gasteiger partial charge in [-0.3, -0.25) is 4.79 Å². The lowest BCUT2D eigenvalue weighted by molar-refractivity contribution is -0.122. The average Bonchev–Trinajstić information content (AvgIpc) is 2.56. The predicted molar refractivity (Wildman–Crippen MR) is 88.2 cm³/mol. The summed E-state index contributed by atoms with van der Waals surface area (Å²) in [5.41, 5.74) is 0.600. The van der Waals surface area contributed by atoms with Gasteiger partial charge in [0.05, 0.1) is 11.3 Å². The Labute approximate surface area is 142 Å². The summed E-state index contributed by atoms with van der Waals surface area (Å²) < 4.78 is 30.6. The summed E-state index contributed by atoms with van der Waals surface area (Å²) >= 11 is 0.357. The number of halogens is 2. The molecule has 2 rings (SSSR count). The number of para-hydroxylation sites is 2. The lowest BCUT2D eigenvalue weighted by Crippen LogP contribution is -2.30. The first-order valence-electron chi connectivity index (χ1n) is 7.01. The first-order valence-corrected chi connectivity index (χ1v) is 7.89. The molecule has 0 spiro atoms. The van der Waals surface area contributed by atoms with Gasteiger partial charge in [-0.1, -0.05) is 36.0 Å². The van der Waals surface area contributed by atoms with Gasteiger partial charge in [0, 0.05) is 4.90 Å². The SMILES string of the molecule is CC(Oc1ccccc1C#N)C(=O)Nc1ccccc1SC(F)F. The highest BCUT2D eigenvalue weighted by Gasteiger charge is 2.18. The number of carbonyl (C=O) groups is 1. The van der Waals surface area contributed by atoms with Gasteiger partial charge in [0.15, 0.2) is 6.10 Å². The maximum absolute atomic E-state index is 12.6. The number of nitriles is 1. The fourth-order valence-electron chi connectivity index (χ4n) is 1.91. The van der Waals surface area contributed by atoms with Crippen molar-refractivity contribution in [2.45, 2.75) is 23.7 Å². The number of nitrogens with zero attached hydrogens (tertiary/aromatic N) is 1. The topological polar surface area (TPSA) is 62.1 Å². The molecule has 0 saturated heterocycles. The molecule has 0 aliphatic carbocycles. The molecule has 24 heavy (non-hydrogen) atoms. The fraction of sp³-hybridized carbons (Fsp3) is 0.176. The molecular formula is C17H14F2N2O2S. The second kappa shape index (κ2) is 8.31. The Balaban J connectivity index is 2.09. The van der Waals surface area contributed by atoms with Crippen molar-refractivity contribution >= 4 is 23.4 Å². The highest BCUT2D eigenvalue weighted by Crippen LogP contribution is 2.31. The number of benzene rings is 2. The van der Waals surface area contributed by atoms with Gasteiger partial charge in [0.25, 0.3) is 11.7 Å². The van der Waals surface area contributed by atoms with E-state index in [0.717, 1.165) is 0 Å². The molecule has 0 aliphatic rings. The van der Waals surface area contributed by atoms with E-state index in [1.165, 1.54) is 13.0 Å². The molecule has 1 N–H and O–H groups in total. The van der Waals surface area contributed by atoms with Gasteiger partial charge < -0.3 is 10.1 Å². The molecule has 4 nitrogen and oxygen atoms in total. The summed E-state index contributed by atoms with van der Waals surface area (Å²) in [6, 6.07) is 14.8. The van der Waals surface area contributed by atoms with Crippen LogP contribution in [0.1, 0.15) is 12.5 Å². The molecule has 124 valence electrons. The zero-order chi connectivity index (χ0) is 17.5. The van der Waals surface area contributed by atoms with Crippen LogP contribution in [0.3, 0.4) is 0 Å². The minimum absolute atomic E-state index is 0.269. The van der Waals surface area contributed by atoms with Crippen LogP contribution in [-0.2, 0) is 4.79 Å². The highest BCUT2D eigenvalue weighted by molar-refractivity contribution is 7.99. The number of nitrogens with one attached hydrogen (secondary N) is 1. The lowest BCUT2D eigenvalue weighted by Gasteiger charge is -2.16. The minimum Gasteiger partial charge on any atom is -0.480 e. The molecule has 1 unspecified atom stereocenters. The van der Waals surface area contributed by atoms with E-state index in [1.807, 2.05) is 6.07 Å². The molecule has 2 aromatic carbocycles. The van der Waals surface area contributed by atoms with Crippen molar-refractivity contribution in [1.29, 1.82) is 5.26 Å². The first kappa shape index (κ1) is 17.8. The molecule has 0 heterocycles. The number of rotatable bonds is 6. The van der Waals surface area contributed by atoms with E-state index < -0.39 is 17.8 Å². The number of amides is 1. The van der Waals surface area contributed by atoms with Crippen molar-refractivity contribution in [2.24, 2.45) is 0 Å². The Hall–Kier alpha value is -2.59. The highest BCUT2D eigenvalue weighted by atomic mass is 32.2. The lowest BCUT2D eigenvalue weighted by atomic mass is 10.2. The standard InChI is InChI=1S/C17H14F2N2O2S/c1-11(23-14-8-4-2-6-12(14)10-20)16(22)21-13-7-3-5-9-15(13)24-17(18)19/h2-9,11,17H,1H3,(H,21,22). The summed E-state index contributed by atoms with van der Waals surface area (Å²) in [6.07, 6.45) is -0.899. The summed E-state index contributed by atoms with van der Waals surface area (Å²) in [5, 5.41) is 11.6. The zero-order valence-corrected chi connectivity index (χ0v) is 13.5. The van der Waals surface area contributed by atoms with E-state index in [4.69, 9.17) is 10.00 Å². The second-order valence-electron chi connectivity index (χ2n) is 4.73. The maximum Gasteiger partial charge on any atom is 0.288 e. The molecule has 0 radical (unpaired) electrons. The van der Waals surface area contributed by atoms with Crippen LogP contribution in [0.2, 0.25) is 0 Å². The van der Waals surface area contributed by atoms with Crippen molar-refractivity contribution in [3.63, 3.8) is 0 Å². The molecule has 0 aromatic heterocycles. The molecule has 1 atom stereocenters. The fourth-order valence-corrected chi connectivity index (χ4v) is 2.50. The van der Waals surface area contributed by atoms with Gasteiger partial charge in [-0.05, 0) is 31.2 Å². The second-order valence-corrected chi connectivity index (χ2v) is 5.76. The molecular weight excluding hydrogens is 334 g/mol. The molecule has 2 aromatic rings. The van der Waals surface area contributed by atoms with Crippen molar-refractivity contribution in [3.8, 4) is 11.8 Å². The summed E-state index contributed by atoms with van der Waals surface area (Å²) in [4.78, 5) is 12.5. The van der Waals surface area contributed by atoms with Gasteiger partial charge in [-0.2, -0.15) is 14.0 Å². The molecule has 0 saturated carbocycles. The van der Waals surface area contributed by atoms with Crippen LogP contribution in [0.5, 0.6) is 5.75 Å². The number of carbonyl (C=O) groups excluding carboxylic acids is 1. The maximum atomic E-state index is 12.6. The third-order valence-corrected chi connectivity index (χ3v) is 3.83. The van der Waals surface area contributed by atoms with E-state index in [2.05, 4.69) is 5.32 Å². The molecule has 7 heteroatoms. The van der Waals surface area contributed by atoms with Gasteiger partial charge in [-0.15, -0.1) is 0 Å². The third kappa shape index (κ3) is 4.70. The van der Waals surface area contributed by atoms with Gasteiger partial charge in [-0.25, -0.2) is 0 Å². The Bertz CT molecular complexity index is 762. The monoisotopic (exact) mass is 348 g/mol. The van der Waals surface area contributed by atoms with E-state index in [-0.39, 0.29) is 16.3 Å². The summed E-state index contributed by atoms with van der Waals surface area (Å²) in [7, 11) is 0. The molecule has 0 bridgehead atoms. The Morgan fingerprint density at radius 2 is 1.88 bits per heavy atom. The van der Waals surface area contributed by atoms with Crippen LogP contribution >= 0.6 is 11.8 Å². The Kier molecular flexibility index (Phi) is 6.15. The molecule has 0 fully saturated rings. The van der Waals surface area contributed by atoms with Crippen molar-refractivity contribution in [3.05, 3.63) is 54.1 Å². The van der Waals surface area contributed by atoms with E-state index in [0.29, 0.717) is 17.3 Å². The first-order chi connectivity index (χ1) is 11.5. The normalized spacial score (nSPS) is 11.6. The van der Waals surface area contributed by atoms with Gasteiger partial charge in [0.2, 0.25) is 0 Å². The quantitative estimate of drug-likeness (QED) is 0.792. The van der Waals surface area contributed by atoms with Crippen LogP contribution in [0.25, 0.3) is 0 Å². The van der Waals surface area contributed by atoms with Crippen molar-refractivity contribution in [1.82, 2.24) is 0 Å². The van der Waals surface area contributed by atoms with Crippen LogP contribution in [0, 0.1) is 11.3 Å². The Morgan fingerprint density at radius 3 is 2.58 bits per heavy atom. The van der Waals surface area contributed by atoms with Gasteiger partial charge >= 0.3 is 0 Å². The third-order valence-electron chi connectivity index (χ3n) is 3.04. The number of thioether (sulfide) groups is 1. The van der Waals surface area contributed by atoms with E-state index in [9.17, 15) is 13.6 Å². The van der Waals surface area contributed by atoms with Crippen LogP contribution < -0.4 is 10.1 Å². The van der Waals surface area contributed by atoms with Crippen molar-refractivity contribution in [2.75, 3.05) is 5.32 Å². The van der Waals surface area contributed by atoms with E-state index in [1.54, 1.807) is 42.5 Å². The number of hydrogen-bond donors (Lipinski definition) is 1. The minimum atomic E-state index is -2.58. The smallest absolute Gasteiger partial charge is 0.288 e. The number of hydrogen-bond acceptors (Lipinski definition) is 4. The molecule has 1 amide bonds. The predicted octanol–water partition coefficient (Wildman–Crippen LogP) is 4.28. The summed E-state index contributed by atoms with van der Waals surface area (Å²) in [5.74, 6) is -2.79. The number of alkyl halides is 2. The largest absolute Gasteiger partial charge is 0.480 e. The van der Waals surface area contributed by atoms with Crippen LogP contribution in [0.4, 0.5) is 14.5 Å². The van der Waals surface area contributed by atoms with Crippen molar-refractivity contribution < 1.29 is 18.3 Å². The molecule has 0 aliphatic heterocycles. The average molecular weight is 348 g/mol. The van der Waals surface area contributed by atoms with Crippen LogP contribution in [0.15, 0.2) is 53.4 Å². The van der Waals surface area contributed by atoms with Crippen LogP contribution in [-0.4, -0.2) is 17.8 Å². The number of ether oxygens (including phenoxy) is 1. The van der Waals surface area contributed by atoms with E-state index >= 15 is 0 Å². The summed E-state index contributed by atoms with van der Waals surface area (Å²) in [6.45, 7) is 1.52. The zero-order valence-electron chi connectivity index (χ0n) is 12.7. The van der Waals surface area contributed by atoms with Gasteiger partial charge in [0.1, 0.15) is 11.8 Å². The Morgan fingerprint density at radius 1 is 1.21 bits per heavy atom. The number of anilines is 1.